The number of nitrogens with two attached hydrogens (primary N) is 1. The molecule has 2 aromatic carbocycles. The molecular formula is C10H10N2O3. The molecule has 78 valence electrons. The Bertz CT molecular complexity index is 467. The number of hydrogen-bond donors (Lipinski definition) is 2. The van der Waals surface area contributed by atoms with Gasteiger partial charge < -0.3 is 10.9 Å². The Hall–Kier alpha value is -2.30. The first-order valence-corrected chi connectivity index (χ1v) is 4.17. The van der Waals surface area contributed by atoms with Crippen molar-refractivity contribution < 1.29 is 10.3 Å². The maximum Gasteiger partial charge on any atom is 0.291 e. The fourth-order valence-corrected chi connectivity index (χ4v) is 1.21. The Morgan fingerprint density at radius 2 is 1.67 bits per heavy atom. The number of rotatable bonds is 0. The lowest BCUT2D eigenvalue weighted by Gasteiger charge is -1.96. The summed E-state index contributed by atoms with van der Waals surface area (Å²) in [6.45, 7) is 0. The van der Waals surface area contributed by atoms with Gasteiger partial charge in [0.25, 0.3) is 5.09 Å². The molecular weight excluding hydrogens is 196 g/mol. The van der Waals surface area contributed by atoms with Crippen LogP contribution in [0.15, 0.2) is 42.5 Å². The minimum Gasteiger partial charge on any atom is -0.399 e. The van der Waals surface area contributed by atoms with Crippen LogP contribution in [-0.2, 0) is 0 Å². The molecule has 0 fully saturated rings. The van der Waals surface area contributed by atoms with Crippen molar-refractivity contribution in [1.82, 2.24) is 0 Å². The third-order valence-electron chi connectivity index (χ3n) is 1.77. The first-order chi connectivity index (χ1) is 7.09. The molecule has 0 aliphatic rings. The van der Waals surface area contributed by atoms with E-state index in [9.17, 15) is 0 Å². The van der Waals surface area contributed by atoms with Crippen LogP contribution in [-0.4, -0.2) is 10.3 Å². The maximum absolute atomic E-state index is 8.36. The molecule has 0 amide bonds. The van der Waals surface area contributed by atoms with E-state index in [0.29, 0.717) is 0 Å². The van der Waals surface area contributed by atoms with Gasteiger partial charge in [-0.15, -0.1) is 10.1 Å². The van der Waals surface area contributed by atoms with Crippen LogP contribution in [0.5, 0.6) is 0 Å². The van der Waals surface area contributed by atoms with E-state index in [1.165, 1.54) is 10.8 Å². The second-order valence-electron chi connectivity index (χ2n) is 2.84. The largest absolute Gasteiger partial charge is 0.399 e. The van der Waals surface area contributed by atoms with Gasteiger partial charge in [0.05, 0.1) is 0 Å². The van der Waals surface area contributed by atoms with Crippen molar-refractivity contribution in [3.8, 4) is 0 Å². The highest BCUT2D eigenvalue weighted by molar-refractivity contribution is 5.85. The van der Waals surface area contributed by atoms with E-state index >= 15 is 0 Å². The average molecular weight is 206 g/mol. The van der Waals surface area contributed by atoms with Gasteiger partial charge in [0, 0.05) is 5.69 Å². The molecule has 0 saturated carbocycles. The summed E-state index contributed by atoms with van der Waals surface area (Å²) in [5, 5.41) is 16.1. The fraction of sp³-hybridized carbons (Fsp3) is 0. The Balaban J connectivity index is 0.000000245. The lowest BCUT2D eigenvalue weighted by Crippen LogP contribution is -1.82. The normalized spacial score (nSPS) is 9.07. The van der Waals surface area contributed by atoms with Crippen molar-refractivity contribution in [3.63, 3.8) is 0 Å². The SMILES string of the molecule is Nc1ccc2ccccc2c1.O=[N+]([O-])O. The lowest BCUT2D eigenvalue weighted by molar-refractivity contribution is -0.742. The molecule has 0 radical (unpaired) electrons. The molecule has 2 rings (SSSR count). The van der Waals surface area contributed by atoms with E-state index in [-0.39, 0.29) is 0 Å². The average Bonchev–Trinajstić information content (AvgIpc) is 2.16. The first-order valence-electron chi connectivity index (χ1n) is 4.17. The number of nitrogen functional groups attached to an aromatic ring is 1. The van der Waals surface area contributed by atoms with Crippen LogP contribution in [0.4, 0.5) is 5.69 Å². The van der Waals surface area contributed by atoms with Crippen molar-refractivity contribution in [2.75, 3.05) is 5.73 Å². The summed E-state index contributed by atoms with van der Waals surface area (Å²) < 4.78 is 0. The van der Waals surface area contributed by atoms with Crippen molar-refractivity contribution in [3.05, 3.63) is 52.6 Å². The predicted molar refractivity (Wildman–Crippen MR) is 57.1 cm³/mol. The topological polar surface area (TPSA) is 89.4 Å². The van der Waals surface area contributed by atoms with Crippen molar-refractivity contribution >= 4 is 16.5 Å². The summed E-state index contributed by atoms with van der Waals surface area (Å²) in [5.41, 5.74) is 6.45. The first kappa shape index (κ1) is 10.8. The number of benzene rings is 2. The lowest BCUT2D eigenvalue weighted by atomic mass is 10.1. The number of hydrogen-bond acceptors (Lipinski definition) is 3. The Morgan fingerprint density at radius 3 is 2.27 bits per heavy atom. The van der Waals surface area contributed by atoms with Crippen LogP contribution >= 0.6 is 0 Å². The molecule has 5 heteroatoms. The predicted octanol–water partition coefficient (Wildman–Crippen LogP) is 2.07. The zero-order valence-corrected chi connectivity index (χ0v) is 7.83. The Kier molecular flexibility index (Phi) is 3.45. The van der Waals surface area contributed by atoms with Crippen LogP contribution in [0.25, 0.3) is 10.8 Å². The smallest absolute Gasteiger partial charge is 0.291 e. The molecule has 0 aliphatic carbocycles. The van der Waals surface area contributed by atoms with E-state index in [4.69, 9.17) is 21.1 Å². The summed E-state index contributed by atoms with van der Waals surface area (Å²) in [4.78, 5) is 8.36. The molecule has 0 spiro atoms. The van der Waals surface area contributed by atoms with Crippen LogP contribution in [0.1, 0.15) is 0 Å². The van der Waals surface area contributed by atoms with Crippen LogP contribution in [0.3, 0.4) is 0 Å². The van der Waals surface area contributed by atoms with E-state index < -0.39 is 5.09 Å². The Labute approximate surface area is 85.9 Å². The highest BCUT2D eigenvalue weighted by atomic mass is 16.9. The highest BCUT2D eigenvalue weighted by Gasteiger charge is 1.89. The monoisotopic (exact) mass is 206 g/mol. The molecule has 15 heavy (non-hydrogen) atoms. The van der Waals surface area contributed by atoms with Gasteiger partial charge >= 0.3 is 0 Å². The standard InChI is InChI=1S/C10H9N.HNO3/c11-10-6-5-8-3-1-2-4-9(8)7-10;2-1(3)4/h1-7H,11H2;(H,2,3,4). The third kappa shape index (κ3) is 3.51. The van der Waals surface area contributed by atoms with E-state index in [1.54, 1.807) is 0 Å². The van der Waals surface area contributed by atoms with Crippen molar-refractivity contribution in [1.29, 1.82) is 0 Å². The second-order valence-corrected chi connectivity index (χ2v) is 2.84. The molecule has 3 N–H and O–H groups in total. The van der Waals surface area contributed by atoms with Crippen LogP contribution < -0.4 is 5.73 Å². The summed E-state index contributed by atoms with van der Waals surface area (Å²) >= 11 is 0. The summed E-state index contributed by atoms with van der Waals surface area (Å²) in [6.07, 6.45) is 0. The number of anilines is 1. The molecule has 0 saturated heterocycles. The number of fused-ring (bicyclic) bond motifs is 1. The van der Waals surface area contributed by atoms with Gasteiger partial charge in [-0.3, -0.25) is 0 Å². The zero-order valence-electron chi connectivity index (χ0n) is 7.83. The highest BCUT2D eigenvalue weighted by Crippen LogP contribution is 2.15. The minimum atomic E-state index is -1.50. The molecule has 2 aromatic rings. The third-order valence-corrected chi connectivity index (χ3v) is 1.77. The van der Waals surface area contributed by atoms with Gasteiger partial charge in [0.1, 0.15) is 0 Å². The Morgan fingerprint density at radius 1 is 1.13 bits per heavy atom. The van der Waals surface area contributed by atoms with Gasteiger partial charge in [0.2, 0.25) is 0 Å². The van der Waals surface area contributed by atoms with Crippen molar-refractivity contribution in [2.45, 2.75) is 0 Å². The zero-order chi connectivity index (χ0) is 11.3. The molecule has 0 unspecified atom stereocenters. The summed E-state index contributed by atoms with van der Waals surface area (Å²) in [6, 6.07) is 14.1. The minimum absolute atomic E-state index is 0.823. The molecule has 0 aliphatic heterocycles. The maximum atomic E-state index is 8.36. The van der Waals surface area contributed by atoms with Crippen LogP contribution in [0.2, 0.25) is 0 Å². The molecule has 5 nitrogen and oxygen atoms in total. The van der Waals surface area contributed by atoms with E-state index in [0.717, 1.165) is 5.69 Å². The second kappa shape index (κ2) is 4.80. The number of nitrogens with zero attached hydrogens (tertiary/aromatic N) is 1. The van der Waals surface area contributed by atoms with Gasteiger partial charge in [-0.2, -0.15) is 0 Å². The molecule has 0 heterocycles. The summed E-state index contributed by atoms with van der Waals surface area (Å²) in [7, 11) is 0. The van der Waals surface area contributed by atoms with Crippen LogP contribution in [0, 0.1) is 10.1 Å². The van der Waals surface area contributed by atoms with E-state index in [1.807, 2.05) is 30.3 Å². The van der Waals surface area contributed by atoms with Gasteiger partial charge in [-0.25, -0.2) is 0 Å². The van der Waals surface area contributed by atoms with Crippen molar-refractivity contribution in [2.24, 2.45) is 0 Å². The van der Waals surface area contributed by atoms with E-state index in [2.05, 4.69) is 12.1 Å². The van der Waals surface area contributed by atoms with Gasteiger partial charge in [-0.05, 0) is 22.9 Å². The quantitative estimate of drug-likeness (QED) is 0.392. The molecule has 0 bridgehead atoms. The van der Waals surface area contributed by atoms with Gasteiger partial charge in [0.15, 0.2) is 0 Å². The fourth-order valence-electron chi connectivity index (χ4n) is 1.21. The van der Waals surface area contributed by atoms with Gasteiger partial charge in [-0.1, -0.05) is 30.3 Å². The molecule has 0 atom stereocenters. The molecule has 0 aromatic heterocycles. The summed E-state index contributed by atoms with van der Waals surface area (Å²) in [5.74, 6) is 0.